The van der Waals surface area contributed by atoms with E-state index in [1.807, 2.05) is 39.0 Å². The average Bonchev–Trinajstić information content (AvgIpc) is 2.75. The van der Waals surface area contributed by atoms with Crippen LogP contribution in [0, 0.1) is 13.8 Å². The van der Waals surface area contributed by atoms with E-state index in [1.165, 1.54) is 34.1 Å². The number of carbonyl (C=O) groups excluding carboxylic acids is 1. The van der Waals surface area contributed by atoms with Crippen molar-refractivity contribution in [3.8, 4) is 5.75 Å². The summed E-state index contributed by atoms with van der Waals surface area (Å²) in [5.74, 6) is 0.485. The lowest BCUT2D eigenvalue weighted by atomic mass is 10.1. The van der Waals surface area contributed by atoms with Gasteiger partial charge in [0.1, 0.15) is 12.4 Å². The third-order valence-electron chi connectivity index (χ3n) is 5.08. The molecule has 3 rings (SSSR count). The molecule has 1 aliphatic heterocycles. The first-order valence-corrected chi connectivity index (χ1v) is 11.4. The lowest BCUT2D eigenvalue weighted by molar-refractivity contribution is 0.0730. The number of nitrogens with one attached hydrogen (secondary N) is 1. The van der Waals surface area contributed by atoms with Crippen LogP contribution in [0.3, 0.4) is 0 Å². The predicted molar refractivity (Wildman–Crippen MR) is 114 cm³/mol. The summed E-state index contributed by atoms with van der Waals surface area (Å²) in [6.45, 7) is 7.71. The Bertz CT molecular complexity index is 983. The molecule has 7 nitrogen and oxygen atoms in total. The lowest BCUT2D eigenvalue weighted by Gasteiger charge is -2.26. The van der Waals surface area contributed by atoms with Crippen LogP contribution in [0.4, 0.5) is 0 Å². The van der Waals surface area contributed by atoms with Crippen LogP contribution in [0.1, 0.15) is 28.4 Å². The Balaban J connectivity index is 1.56. The number of sulfonamides is 1. The largest absolute Gasteiger partial charge is 0.491 e. The lowest BCUT2D eigenvalue weighted by Crippen LogP contribution is -2.40. The highest BCUT2D eigenvalue weighted by atomic mass is 32.2. The van der Waals surface area contributed by atoms with Crippen LogP contribution in [0.5, 0.6) is 5.75 Å². The summed E-state index contributed by atoms with van der Waals surface area (Å²) in [6, 6.07) is 11.7. The third kappa shape index (κ3) is 5.38. The fourth-order valence-corrected chi connectivity index (χ4v) is 4.50. The minimum Gasteiger partial charge on any atom is -0.491 e. The van der Waals surface area contributed by atoms with E-state index in [2.05, 4.69) is 5.32 Å². The van der Waals surface area contributed by atoms with Gasteiger partial charge < -0.3 is 14.8 Å². The van der Waals surface area contributed by atoms with Gasteiger partial charge in [-0.1, -0.05) is 6.07 Å². The van der Waals surface area contributed by atoms with E-state index >= 15 is 0 Å². The van der Waals surface area contributed by atoms with E-state index in [9.17, 15) is 13.2 Å². The molecule has 1 aliphatic rings. The van der Waals surface area contributed by atoms with Crippen LogP contribution >= 0.6 is 0 Å². The number of carbonyl (C=O) groups is 1. The maximum Gasteiger partial charge on any atom is 0.251 e. The number of nitrogens with zero attached hydrogens (tertiary/aromatic N) is 1. The highest BCUT2D eigenvalue weighted by molar-refractivity contribution is 7.89. The predicted octanol–water partition coefficient (Wildman–Crippen LogP) is 2.52. The van der Waals surface area contributed by atoms with Crippen molar-refractivity contribution in [2.24, 2.45) is 0 Å². The molecule has 162 valence electrons. The Morgan fingerprint density at radius 1 is 1.10 bits per heavy atom. The molecule has 1 saturated heterocycles. The molecular weight excluding hydrogens is 404 g/mol. The van der Waals surface area contributed by atoms with Crippen LogP contribution in [0.15, 0.2) is 47.4 Å². The van der Waals surface area contributed by atoms with E-state index in [1.54, 1.807) is 0 Å². The summed E-state index contributed by atoms with van der Waals surface area (Å²) in [5, 5.41) is 2.87. The zero-order chi connectivity index (χ0) is 21.7. The van der Waals surface area contributed by atoms with Crippen molar-refractivity contribution in [1.29, 1.82) is 0 Å². The minimum absolute atomic E-state index is 0.173. The van der Waals surface area contributed by atoms with Crippen LogP contribution in [-0.2, 0) is 14.8 Å². The normalized spacial score (nSPS) is 16.1. The molecular formula is C22H28N2O5S. The van der Waals surface area contributed by atoms with Gasteiger partial charge in [0.2, 0.25) is 10.0 Å². The maximum atomic E-state index is 12.7. The second-order valence-electron chi connectivity index (χ2n) is 7.47. The van der Waals surface area contributed by atoms with E-state index < -0.39 is 10.0 Å². The SMILES string of the molecule is Cc1ccc(OC[C@H](C)NC(=O)c2ccc(S(=O)(=O)N3CCOCC3)cc2)cc1C. The number of hydrogen-bond acceptors (Lipinski definition) is 5. The zero-order valence-electron chi connectivity index (χ0n) is 17.6. The topological polar surface area (TPSA) is 84.9 Å². The number of morpholine rings is 1. The number of hydrogen-bond donors (Lipinski definition) is 1. The second-order valence-corrected chi connectivity index (χ2v) is 9.41. The van der Waals surface area contributed by atoms with Crippen LogP contribution in [-0.4, -0.2) is 57.6 Å². The summed E-state index contributed by atoms with van der Waals surface area (Å²) in [6.07, 6.45) is 0. The quantitative estimate of drug-likeness (QED) is 0.727. The van der Waals surface area contributed by atoms with Gasteiger partial charge in [0, 0.05) is 18.7 Å². The Labute approximate surface area is 178 Å². The van der Waals surface area contributed by atoms with Gasteiger partial charge in [0.25, 0.3) is 5.91 Å². The molecule has 2 aromatic rings. The number of amides is 1. The van der Waals surface area contributed by atoms with Crippen molar-refractivity contribution in [3.05, 3.63) is 59.2 Å². The molecule has 1 heterocycles. The number of benzene rings is 2. The Morgan fingerprint density at radius 2 is 1.77 bits per heavy atom. The Hall–Kier alpha value is -2.42. The van der Waals surface area contributed by atoms with Crippen molar-refractivity contribution >= 4 is 15.9 Å². The van der Waals surface area contributed by atoms with Gasteiger partial charge in [-0.2, -0.15) is 4.31 Å². The molecule has 1 N–H and O–H groups in total. The van der Waals surface area contributed by atoms with Gasteiger partial charge in [-0.25, -0.2) is 8.42 Å². The molecule has 1 atom stereocenters. The fourth-order valence-electron chi connectivity index (χ4n) is 3.09. The zero-order valence-corrected chi connectivity index (χ0v) is 18.4. The molecule has 30 heavy (non-hydrogen) atoms. The standard InChI is InChI=1S/C22H28N2O5S/c1-16-4-7-20(14-17(16)2)29-15-18(3)23-22(25)19-5-8-21(9-6-19)30(26,27)24-10-12-28-13-11-24/h4-9,14,18H,10-13,15H2,1-3H3,(H,23,25)/t18-/m0/s1. The van der Waals surface area contributed by atoms with Gasteiger partial charge in [-0.3, -0.25) is 4.79 Å². The summed E-state index contributed by atoms with van der Waals surface area (Å²) >= 11 is 0. The first kappa shape index (κ1) is 22.3. The molecule has 0 radical (unpaired) electrons. The molecule has 0 bridgehead atoms. The van der Waals surface area contributed by atoms with E-state index in [-0.39, 0.29) is 16.8 Å². The monoisotopic (exact) mass is 432 g/mol. The Kier molecular flexibility index (Phi) is 7.12. The molecule has 1 amide bonds. The number of ether oxygens (including phenoxy) is 2. The van der Waals surface area contributed by atoms with Crippen LogP contribution in [0.2, 0.25) is 0 Å². The molecule has 0 aliphatic carbocycles. The van der Waals surface area contributed by atoms with Crippen molar-refractivity contribution in [2.45, 2.75) is 31.7 Å². The highest BCUT2D eigenvalue weighted by Gasteiger charge is 2.26. The van der Waals surface area contributed by atoms with Crippen LogP contribution < -0.4 is 10.1 Å². The highest BCUT2D eigenvalue weighted by Crippen LogP contribution is 2.18. The summed E-state index contributed by atoms with van der Waals surface area (Å²) in [4.78, 5) is 12.7. The number of aryl methyl sites for hydroxylation is 2. The van der Waals surface area contributed by atoms with Crippen molar-refractivity contribution < 1.29 is 22.7 Å². The maximum absolute atomic E-state index is 12.7. The van der Waals surface area contributed by atoms with Crippen molar-refractivity contribution in [2.75, 3.05) is 32.9 Å². The summed E-state index contributed by atoms with van der Waals surface area (Å²) < 4.78 is 37.7. The van der Waals surface area contributed by atoms with Crippen molar-refractivity contribution in [1.82, 2.24) is 9.62 Å². The molecule has 0 spiro atoms. The van der Waals surface area contributed by atoms with E-state index in [4.69, 9.17) is 9.47 Å². The van der Waals surface area contributed by atoms with Crippen LogP contribution in [0.25, 0.3) is 0 Å². The molecule has 2 aromatic carbocycles. The molecule has 1 fully saturated rings. The first-order chi connectivity index (χ1) is 14.3. The smallest absolute Gasteiger partial charge is 0.251 e. The van der Waals surface area contributed by atoms with Gasteiger partial charge in [0.05, 0.1) is 24.2 Å². The summed E-state index contributed by atoms with van der Waals surface area (Å²) in [7, 11) is -3.57. The third-order valence-corrected chi connectivity index (χ3v) is 6.99. The van der Waals surface area contributed by atoms with E-state index in [0.717, 1.165) is 11.3 Å². The van der Waals surface area contributed by atoms with Gasteiger partial charge in [-0.05, 0) is 68.3 Å². The molecule has 8 heteroatoms. The fraction of sp³-hybridized carbons (Fsp3) is 0.409. The molecule has 0 saturated carbocycles. The second kappa shape index (κ2) is 9.59. The first-order valence-electron chi connectivity index (χ1n) is 9.96. The minimum atomic E-state index is -3.57. The van der Waals surface area contributed by atoms with Gasteiger partial charge >= 0.3 is 0 Å². The molecule has 0 aromatic heterocycles. The summed E-state index contributed by atoms with van der Waals surface area (Å²) in [5.41, 5.74) is 2.74. The Morgan fingerprint density at radius 3 is 2.40 bits per heavy atom. The molecule has 0 unspecified atom stereocenters. The van der Waals surface area contributed by atoms with Gasteiger partial charge in [0.15, 0.2) is 0 Å². The van der Waals surface area contributed by atoms with Crippen molar-refractivity contribution in [3.63, 3.8) is 0 Å². The van der Waals surface area contributed by atoms with Gasteiger partial charge in [-0.15, -0.1) is 0 Å². The average molecular weight is 433 g/mol. The van der Waals surface area contributed by atoms with E-state index in [0.29, 0.717) is 38.5 Å². The number of rotatable bonds is 7.